The van der Waals surface area contributed by atoms with Gasteiger partial charge in [-0.15, -0.1) is 0 Å². The van der Waals surface area contributed by atoms with E-state index in [4.69, 9.17) is 29.4 Å². The SMILES string of the molecule is COc1cc(C2C(C#N)=C(N)Oc3cc(OC(=O)c4ccc(OC(C)C)cc4)ccc32)ccc1OCc1ccccc1F. The molecule has 0 aromatic heterocycles. The summed E-state index contributed by atoms with van der Waals surface area (Å²) in [6, 6.07) is 25.3. The Morgan fingerprint density at radius 1 is 1.00 bits per heavy atom. The molecular weight excluding hydrogens is 551 g/mol. The number of fused-ring (bicyclic) bond motifs is 1. The monoisotopic (exact) mass is 580 g/mol. The average molecular weight is 581 g/mol. The Labute approximate surface area is 248 Å². The molecule has 218 valence electrons. The van der Waals surface area contributed by atoms with Gasteiger partial charge in [0.1, 0.15) is 41.3 Å². The Morgan fingerprint density at radius 2 is 1.74 bits per heavy atom. The summed E-state index contributed by atoms with van der Waals surface area (Å²) < 4.78 is 42.5. The molecule has 8 nitrogen and oxygen atoms in total. The van der Waals surface area contributed by atoms with Crippen LogP contribution in [0.5, 0.6) is 28.7 Å². The van der Waals surface area contributed by atoms with Crippen LogP contribution in [0.1, 0.15) is 46.8 Å². The molecule has 43 heavy (non-hydrogen) atoms. The van der Waals surface area contributed by atoms with Crippen LogP contribution in [0.2, 0.25) is 0 Å². The topological polar surface area (TPSA) is 113 Å². The molecule has 1 aliphatic heterocycles. The molecule has 2 N–H and O–H groups in total. The minimum Gasteiger partial charge on any atom is -0.493 e. The van der Waals surface area contributed by atoms with Crippen molar-refractivity contribution >= 4 is 5.97 Å². The van der Waals surface area contributed by atoms with E-state index in [1.54, 1.807) is 78.9 Å². The van der Waals surface area contributed by atoms with E-state index in [0.717, 1.165) is 0 Å². The number of halogens is 1. The van der Waals surface area contributed by atoms with E-state index in [9.17, 15) is 14.4 Å². The van der Waals surface area contributed by atoms with Crippen molar-refractivity contribution in [1.82, 2.24) is 0 Å². The average Bonchev–Trinajstić information content (AvgIpc) is 3.00. The predicted molar refractivity (Wildman–Crippen MR) is 157 cm³/mol. The van der Waals surface area contributed by atoms with Crippen LogP contribution in [0.25, 0.3) is 0 Å². The largest absolute Gasteiger partial charge is 0.493 e. The van der Waals surface area contributed by atoms with Gasteiger partial charge in [-0.2, -0.15) is 5.26 Å². The molecule has 0 saturated carbocycles. The maximum Gasteiger partial charge on any atom is 0.343 e. The van der Waals surface area contributed by atoms with Crippen molar-refractivity contribution in [1.29, 1.82) is 5.26 Å². The van der Waals surface area contributed by atoms with Gasteiger partial charge < -0.3 is 29.4 Å². The van der Waals surface area contributed by atoms with E-state index in [-0.39, 0.29) is 35.7 Å². The second-order valence-electron chi connectivity index (χ2n) is 10.00. The summed E-state index contributed by atoms with van der Waals surface area (Å²) in [5, 5.41) is 9.97. The molecule has 0 bridgehead atoms. The second kappa shape index (κ2) is 12.6. The summed E-state index contributed by atoms with van der Waals surface area (Å²) in [6.07, 6.45) is 0.0121. The predicted octanol–water partition coefficient (Wildman–Crippen LogP) is 6.64. The van der Waals surface area contributed by atoms with E-state index < -0.39 is 11.9 Å². The van der Waals surface area contributed by atoms with Crippen molar-refractivity contribution in [2.24, 2.45) is 5.73 Å². The summed E-state index contributed by atoms with van der Waals surface area (Å²) in [5.74, 6) is 0.451. The standard InChI is InChI=1S/C34H29FN2O6/c1-20(2)41-24-11-8-21(9-12-24)34(38)42-25-13-14-26-30(17-25)43-33(37)27(18-36)32(26)22-10-15-29(31(16-22)39-3)40-19-23-6-4-5-7-28(23)35/h4-17,20,32H,19,37H2,1-3H3. The Hall–Kier alpha value is -5.49. The van der Waals surface area contributed by atoms with E-state index in [0.29, 0.717) is 45.3 Å². The molecule has 0 aliphatic carbocycles. The molecule has 1 heterocycles. The first-order valence-corrected chi connectivity index (χ1v) is 13.5. The maximum absolute atomic E-state index is 14.1. The van der Waals surface area contributed by atoms with Gasteiger partial charge in [0.25, 0.3) is 0 Å². The lowest BCUT2D eigenvalue weighted by Crippen LogP contribution is -2.21. The van der Waals surface area contributed by atoms with Crippen LogP contribution in [-0.4, -0.2) is 19.2 Å². The number of hydrogen-bond donors (Lipinski definition) is 1. The van der Waals surface area contributed by atoms with Gasteiger partial charge in [-0.3, -0.25) is 0 Å². The van der Waals surface area contributed by atoms with Gasteiger partial charge in [0.05, 0.1) is 24.7 Å². The highest BCUT2D eigenvalue weighted by molar-refractivity contribution is 5.91. The molecule has 1 atom stereocenters. The zero-order chi connectivity index (χ0) is 30.5. The normalized spacial score (nSPS) is 13.9. The maximum atomic E-state index is 14.1. The van der Waals surface area contributed by atoms with Crippen molar-refractivity contribution in [2.45, 2.75) is 32.5 Å². The molecule has 0 fully saturated rings. The van der Waals surface area contributed by atoms with Gasteiger partial charge in [-0.25, -0.2) is 9.18 Å². The third-order valence-corrected chi connectivity index (χ3v) is 6.72. The number of methoxy groups -OCH3 is 1. The Kier molecular flexibility index (Phi) is 8.49. The summed E-state index contributed by atoms with van der Waals surface area (Å²) in [7, 11) is 1.49. The van der Waals surface area contributed by atoms with Gasteiger partial charge in [0.15, 0.2) is 11.5 Å². The van der Waals surface area contributed by atoms with Crippen LogP contribution in [0.3, 0.4) is 0 Å². The fourth-order valence-electron chi connectivity index (χ4n) is 4.70. The van der Waals surface area contributed by atoms with Crippen molar-refractivity contribution in [3.63, 3.8) is 0 Å². The molecule has 5 rings (SSSR count). The first-order valence-electron chi connectivity index (χ1n) is 13.5. The number of benzene rings is 4. The van der Waals surface area contributed by atoms with Crippen molar-refractivity contribution in [3.8, 4) is 34.8 Å². The number of ether oxygens (including phenoxy) is 5. The highest BCUT2D eigenvalue weighted by atomic mass is 19.1. The smallest absolute Gasteiger partial charge is 0.343 e. The Bertz CT molecular complexity index is 1730. The highest BCUT2D eigenvalue weighted by Gasteiger charge is 2.32. The fourth-order valence-corrected chi connectivity index (χ4v) is 4.70. The van der Waals surface area contributed by atoms with Crippen molar-refractivity contribution in [2.75, 3.05) is 7.11 Å². The summed E-state index contributed by atoms with van der Waals surface area (Å²) in [6.45, 7) is 3.85. The molecule has 0 saturated heterocycles. The number of hydrogen-bond acceptors (Lipinski definition) is 8. The molecule has 1 aliphatic rings. The van der Waals surface area contributed by atoms with E-state index in [1.165, 1.54) is 13.2 Å². The zero-order valence-electron chi connectivity index (χ0n) is 23.8. The lowest BCUT2D eigenvalue weighted by atomic mass is 9.83. The first-order chi connectivity index (χ1) is 20.8. The van der Waals surface area contributed by atoms with Crippen LogP contribution in [0, 0.1) is 17.1 Å². The Balaban J connectivity index is 1.39. The molecule has 4 aromatic rings. The number of allylic oxidation sites excluding steroid dienone is 1. The zero-order valence-corrected chi connectivity index (χ0v) is 23.8. The molecule has 1 unspecified atom stereocenters. The van der Waals surface area contributed by atoms with Crippen LogP contribution >= 0.6 is 0 Å². The number of nitrogens with two attached hydrogens (primary N) is 1. The van der Waals surface area contributed by atoms with Gasteiger partial charge in [-0.05, 0) is 67.9 Å². The molecule has 0 radical (unpaired) electrons. The quantitative estimate of drug-likeness (QED) is 0.173. The van der Waals surface area contributed by atoms with Crippen molar-refractivity contribution < 1.29 is 32.9 Å². The Morgan fingerprint density at radius 3 is 2.44 bits per heavy atom. The second-order valence-corrected chi connectivity index (χ2v) is 10.00. The third kappa shape index (κ3) is 6.39. The number of nitrogens with zero attached hydrogens (tertiary/aromatic N) is 1. The number of rotatable bonds is 9. The molecule has 9 heteroatoms. The lowest BCUT2D eigenvalue weighted by molar-refractivity contribution is 0.0734. The molecule has 4 aromatic carbocycles. The van der Waals surface area contributed by atoms with Gasteiger partial charge in [-0.1, -0.05) is 30.3 Å². The fraction of sp³-hybridized carbons (Fsp3) is 0.176. The van der Waals surface area contributed by atoms with Crippen LogP contribution < -0.4 is 29.4 Å². The van der Waals surface area contributed by atoms with E-state index in [1.807, 2.05) is 13.8 Å². The van der Waals surface area contributed by atoms with E-state index in [2.05, 4.69) is 6.07 Å². The minimum absolute atomic E-state index is 0.0101. The van der Waals surface area contributed by atoms with Gasteiger partial charge >= 0.3 is 5.97 Å². The summed E-state index contributed by atoms with van der Waals surface area (Å²) >= 11 is 0. The first kappa shape index (κ1) is 29.0. The molecular formula is C34H29FN2O6. The van der Waals surface area contributed by atoms with Crippen molar-refractivity contribution in [3.05, 3.63) is 124 Å². The summed E-state index contributed by atoms with van der Waals surface area (Å²) in [5.41, 5.74) is 8.47. The molecule has 0 amide bonds. The lowest BCUT2D eigenvalue weighted by Gasteiger charge is -2.27. The van der Waals surface area contributed by atoms with E-state index >= 15 is 0 Å². The van der Waals surface area contributed by atoms with Gasteiger partial charge in [0, 0.05) is 17.2 Å². The molecule has 0 spiro atoms. The number of esters is 1. The third-order valence-electron chi connectivity index (χ3n) is 6.72. The van der Waals surface area contributed by atoms with Gasteiger partial charge in [0.2, 0.25) is 5.88 Å². The highest BCUT2D eigenvalue weighted by Crippen LogP contribution is 2.45. The number of carbonyl (C=O) groups excluding carboxylic acids is 1. The van der Waals surface area contributed by atoms with Crippen LogP contribution in [0.4, 0.5) is 4.39 Å². The summed E-state index contributed by atoms with van der Waals surface area (Å²) in [4.78, 5) is 12.8. The minimum atomic E-state index is -0.596. The van der Waals surface area contributed by atoms with Crippen LogP contribution in [0.15, 0.2) is 96.4 Å². The van der Waals surface area contributed by atoms with Crippen LogP contribution in [-0.2, 0) is 6.61 Å². The number of nitriles is 1. The number of carbonyl (C=O) groups is 1.